The molecule has 9 heteroatoms. The number of halogens is 1. The normalized spacial score (nSPS) is 10.4. The molecule has 0 fully saturated rings. The number of pyridine rings is 2. The van der Waals surface area contributed by atoms with E-state index in [2.05, 4.69) is 9.97 Å². The molecule has 0 aliphatic heterocycles. The molecule has 0 atom stereocenters. The second-order valence-electron chi connectivity index (χ2n) is 6.27. The van der Waals surface area contributed by atoms with Gasteiger partial charge in [-0.3, -0.25) is 25.2 Å². The van der Waals surface area contributed by atoms with Crippen molar-refractivity contribution in [3.8, 4) is 0 Å². The van der Waals surface area contributed by atoms with Crippen LogP contribution in [0.4, 0.5) is 11.4 Å². The minimum Gasteiger partial charge on any atom is -0.264 e. The van der Waals surface area contributed by atoms with Gasteiger partial charge in [-0.2, -0.15) is 0 Å². The van der Waals surface area contributed by atoms with Crippen LogP contribution in [-0.2, 0) is 0 Å². The zero-order chi connectivity index (χ0) is 21.1. The molecule has 2 aromatic carbocycles. The van der Waals surface area contributed by atoms with Crippen molar-refractivity contribution in [3.05, 3.63) is 91.5 Å². The van der Waals surface area contributed by atoms with Crippen LogP contribution in [0.3, 0.4) is 0 Å². The van der Waals surface area contributed by atoms with Gasteiger partial charge in [0.25, 0.3) is 11.4 Å². The predicted molar refractivity (Wildman–Crippen MR) is 111 cm³/mol. The summed E-state index contributed by atoms with van der Waals surface area (Å²) in [6.45, 7) is 3.43. The number of hydrogen-bond donors (Lipinski definition) is 0. The zero-order valence-corrected chi connectivity index (χ0v) is 16.3. The Bertz CT molecular complexity index is 1260. The molecule has 0 amide bonds. The van der Waals surface area contributed by atoms with Crippen molar-refractivity contribution in [1.82, 2.24) is 9.97 Å². The van der Waals surface area contributed by atoms with Gasteiger partial charge in [0.05, 0.1) is 20.6 Å². The van der Waals surface area contributed by atoms with Crippen molar-refractivity contribution >= 4 is 44.5 Å². The van der Waals surface area contributed by atoms with Crippen LogP contribution in [0.1, 0.15) is 11.1 Å². The molecule has 0 unspecified atom stereocenters. The average molecular weight is 411 g/mol. The topological polar surface area (TPSA) is 112 Å². The lowest BCUT2D eigenvalue weighted by Crippen LogP contribution is -1.93. The highest BCUT2D eigenvalue weighted by atomic mass is 35.5. The number of rotatable bonds is 2. The van der Waals surface area contributed by atoms with Gasteiger partial charge in [0.15, 0.2) is 0 Å². The van der Waals surface area contributed by atoms with Gasteiger partial charge in [-0.05, 0) is 26.0 Å². The summed E-state index contributed by atoms with van der Waals surface area (Å²) in [6.07, 6.45) is 4.66. The highest BCUT2D eigenvalue weighted by Gasteiger charge is 2.17. The molecule has 8 nitrogen and oxygen atoms in total. The van der Waals surface area contributed by atoms with Crippen LogP contribution in [-0.4, -0.2) is 19.8 Å². The number of aromatic nitrogens is 2. The Morgan fingerprint density at radius 2 is 1.38 bits per heavy atom. The summed E-state index contributed by atoms with van der Waals surface area (Å²) in [5.74, 6) is 0. The largest absolute Gasteiger partial charge is 0.280 e. The molecule has 0 radical (unpaired) electrons. The van der Waals surface area contributed by atoms with Crippen LogP contribution in [0.2, 0.25) is 5.15 Å². The smallest absolute Gasteiger partial charge is 0.264 e. The number of nitrogens with zero attached hydrogens (tertiary/aromatic N) is 4. The molecule has 146 valence electrons. The summed E-state index contributed by atoms with van der Waals surface area (Å²) in [4.78, 5) is 28.8. The summed E-state index contributed by atoms with van der Waals surface area (Å²) in [5.41, 5.74) is 1.56. The monoisotopic (exact) mass is 410 g/mol. The lowest BCUT2D eigenvalue weighted by atomic mass is 10.1. The van der Waals surface area contributed by atoms with Gasteiger partial charge < -0.3 is 0 Å². The Labute approximate surface area is 170 Å². The molecule has 0 N–H and O–H groups in total. The highest BCUT2D eigenvalue weighted by molar-refractivity contribution is 6.34. The van der Waals surface area contributed by atoms with E-state index >= 15 is 0 Å². The van der Waals surface area contributed by atoms with Crippen molar-refractivity contribution in [1.29, 1.82) is 0 Å². The van der Waals surface area contributed by atoms with E-state index in [-0.39, 0.29) is 21.5 Å². The van der Waals surface area contributed by atoms with Crippen molar-refractivity contribution in [2.45, 2.75) is 13.8 Å². The quantitative estimate of drug-likeness (QED) is 0.243. The van der Waals surface area contributed by atoms with E-state index in [9.17, 15) is 20.2 Å². The van der Waals surface area contributed by atoms with Gasteiger partial charge in [0.2, 0.25) is 0 Å². The van der Waals surface area contributed by atoms with E-state index < -0.39 is 4.92 Å². The summed E-state index contributed by atoms with van der Waals surface area (Å²) in [6, 6.07) is 10.3. The van der Waals surface area contributed by atoms with Gasteiger partial charge in [0.1, 0.15) is 5.15 Å². The van der Waals surface area contributed by atoms with E-state index in [1.54, 1.807) is 56.6 Å². The fraction of sp³-hybridized carbons (Fsp3) is 0.100. The number of nitro benzene ring substituents is 2. The third-order valence-electron chi connectivity index (χ3n) is 4.43. The van der Waals surface area contributed by atoms with Crippen LogP contribution in [0.15, 0.2) is 55.0 Å². The van der Waals surface area contributed by atoms with Gasteiger partial charge in [-0.15, -0.1) is 0 Å². The Balaban J connectivity index is 0.000000166. The van der Waals surface area contributed by atoms with E-state index in [0.29, 0.717) is 27.3 Å². The maximum Gasteiger partial charge on any atom is 0.280 e. The summed E-state index contributed by atoms with van der Waals surface area (Å²) < 4.78 is 0. The summed E-state index contributed by atoms with van der Waals surface area (Å²) >= 11 is 5.85. The van der Waals surface area contributed by atoms with E-state index in [1.165, 1.54) is 6.20 Å². The SMILES string of the molecule is Cc1ccc2c(Cl)nccc2c1[N+](=O)[O-].Cc1ccc2cnccc2c1[N+](=O)[O-]. The maximum atomic E-state index is 10.9. The molecule has 4 rings (SSSR count). The summed E-state index contributed by atoms with van der Waals surface area (Å²) in [5, 5.41) is 24.6. The van der Waals surface area contributed by atoms with Crippen LogP contribution in [0.25, 0.3) is 21.5 Å². The van der Waals surface area contributed by atoms with Crippen LogP contribution in [0.5, 0.6) is 0 Å². The van der Waals surface area contributed by atoms with Crippen molar-refractivity contribution in [2.24, 2.45) is 0 Å². The Kier molecular flexibility index (Phi) is 5.65. The molecule has 29 heavy (non-hydrogen) atoms. The number of fused-ring (bicyclic) bond motifs is 2. The highest BCUT2D eigenvalue weighted by Crippen LogP contribution is 2.31. The first-order chi connectivity index (χ1) is 13.8. The third-order valence-corrected chi connectivity index (χ3v) is 4.73. The zero-order valence-electron chi connectivity index (χ0n) is 15.5. The van der Waals surface area contributed by atoms with Crippen LogP contribution >= 0.6 is 11.6 Å². The van der Waals surface area contributed by atoms with Gasteiger partial charge in [-0.1, -0.05) is 35.9 Å². The lowest BCUT2D eigenvalue weighted by Gasteiger charge is -2.02. The number of aryl methyl sites for hydroxylation is 2. The number of hydrogen-bond acceptors (Lipinski definition) is 6. The molecule has 0 aliphatic rings. The van der Waals surface area contributed by atoms with Gasteiger partial charge in [0, 0.05) is 40.5 Å². The molecule has 0 bridgehead atoms. The third kappa shape index (κ3) is 3.97. The average Bonchev–Trinajstić information content (AvgIpc) is 2.67. The lowest BCUT2D eigenvalue weighted by molar-refractivity contribution is -0.383. The molecular formula is C20H15ClN4O4. The minimum atomic E-state index is -0.395. The molecule has 0 saturated heterocycles. The molecular weight excluding hydrogens is 396 g/mol. The second kappa shape index (κ2) is 8.15. The van der Waals surface area contributed by atoms with Gasteiger partial charge in [-0.25, -0.2) is 4.98 Å². The maximum absolute atomic E-state index is 10.9. The Morgan fingerprint density at radius 3 is 2.03 bits per heavy atom. The van der Waals surface area contributed by atoms with E-state index in [1.807, 2.05) is 6.07 Å². The van der Waals surface area contributed by atoms with Crippen molar-refractivity contribution in [2.75, 3.05) is 0 Å². The fourth-order valence-electron chi connectivity index (χ4n) is 3.06. The number of nitro groups is 2. The first-order valence-electron chi connectivity index (χ1n) is 8.47. The van der Waals surface area contributed by atoms with Crippen molar-refractivity contribution < 1.29 is 9.85 Å². The summed E-state index contributed by atoms with van der Waals surface area (Å²) in [7, 11) is 0. The van der Waals surface area contributed by atoms with Crippen LogP contribution in [0, 0.1) is 34.1 Å². The molecule has 2 aromatic heterocycles. The fourth-order valence-corrected chi connectivity index (χ4v) is 3.28. The molecule has 4 aromatic rings. The number of benzene rings is 2. The van der Waals surface area contributed by atoms with Crippen LogP contribution < -0.4 is 0 Å². The molecule has 2 heterocycles. The standard InChI is InChI=1S/C10H7ClN2O2.C10H8N2O2/c1-6-2-3-8-7(9(6)13(14)15)4-5-12-10(8)11;1-7-2-3-8-6-11-5-4-9(8)10(7)12(13)14/h2-5H,1H3;2-6H,1H3. The van der Waals surface area contributed by atoms with Gasteiger partial charge >= 0.3 is 0 Å². The molecule has 0 aliphatic carbocycles. The molecule has 0 saturated carbocycles. The van der Waals surface area contributed by atoms with Crippen molar-refractivity contribution in [3.63, 3.8) is 0 Å². The van der Waals surface area contributed by atoms with E-state index in [0.717, 1.165) is 5.39 Å². The predicted octanol–water partition coefficient (Wildman–Crippen LogP) is 5.56. The first-order valence-corrected chi connectivity index (χ1v) is 8.85. The minimum absolute atomic E-state index is 0.0943. The second-order valence-corrected chi connectivity index (χ2v) is 6.63. The Morgan fingerprint density at radius 1 is 0.793 bits per heavy atom. The Hall–Kier alpha value is -3.65. The molecule has 0 spiro atoms. The first kappa shape index (κ1) is 20.1. The van der Waals surface area contributed by atoms with E-state index in [4.69, 9.17) is 11.6 Å².